The summed E-state index contributed by atoms with van der Waals surface area (Å²) in [6.45, 7) is 8.40. The third kappa shape index (κ3) is 4.85. The number of benzene rings is 2. The van der Waals surface area contributed by atoms with E-state index in [0.29, 0.717) is 5.92 Å². The zero-order chi connectivity index (χ0) is 16.8. The number of aryl methyl sites for hydroxylation is 1. The van der Waals surface area contributed by atoms with E-state index in [-0.39, 0.29) is 18.6 Å². The summed E-state index contributed by atoms with van der Waals surface area (Å²) in [6.07, 6.45) is 0. The lowest BCUT2D eigenvalue weighted by Crippen LogP contribution is -2.31. The number of hydrogen-bond acceptors (Lipinski definition) is 2. The van der Waals surface area contributed by atoms with Crippen LogP contribution in [0.3, 0.4) is 0 Å². The van der Waals surface area contributed by atoms with E-state index in [2.05, 4.69) is 32.2 Å². The molecule has 0 heterocycles. The second-order valence-electron chi connectivity index (χ2n) is 6.16. The van der Waals surface area contributed by atoms with Crippen LogP contribution in [0, 0.1) is 6.92 Å². The highest BCUT2D eigenvalue weighted by atomic mass is 16.5. The molecule has 0 aliphatic rings. The maximum atomic E-state index is 12.0. The molecular formula is C20H25NO2. The van der Waals surface area contributed by atoms with Crippen molar-refractivity contribution in [3.05, 3.63) is 65.2 Å². The monoisotopic (exact) mass is 311 g/mol. The van der Waals surface area contributed by atoms with Crippen molar-refractivity contribution in [1.29, 1.82) is 0 Å². The van der Waals surface area contributed by atoms with Gasteiger partial charge in [0.1, 0.15) is 5.75 Å². The Bertz CT molecular complexity index is 650. The van der Waals surface area contributed by atoms with Gasteiger partial charge in [0.25, 0.3) is 5.91 Å². The molecular weight excluding hydrogens is 286 g/mol. The van der Waals surface area contributed by atoms with E-state index in [4.69, 9.17) is 4.74 Å². The van der Waals surface area contributed by atoms with Gasteiger partial charge in [-0.25, -0.2) is 0 Å². The molecule has 0 bridgehead atoms. The smallest absolute Gasteiger partial charge is 0.258 e. The van der Waals surface area contributed by atoms with E-state index in [1.165, 1.54) is 11.1 Å². The number of carbonyl (C=O) groups is 1. The van der Waals surface area contributed by atoms with E-state index in [1.54, 1.807) is 0 Å². The standard InChI is InChI=1S/C20H25NO2/c1-14(2)19-11-10-18(12-15(19)3)23-13-20(22)21-16(4)17-8-6-5-7-9-17/h5-12,14,16H,13H2,1-4H3,(H,21,22)/t16-/m1/s1. The molecule has 3 heteroatoms. The van der Waals surface area contributed by atoms with Gasteiger partial charge in [-0.2, -0.15) is 0 Å². The van der Waals surface area contributed by atoms with Crippen LogP contribution in [-0.4, -0.2) is 12.5 Å². The summed E-state index contributed by atoms with van der Waals surface area (Å²) >= 11 is 0. The minimum atomic E-state index is -0.119. The molecule has 0 aliphatic heterocycles. The van der Waals surface area contributed by atoms with Gasteiger partial charge in [0.15, 0.2) is 6.61 Å². The van der Waals surface area contributed by atoms with Gasteiger partial charge < -0.3 is 10.1 Å². The third-order valence-corrected chi connectivity index (χ3v) is 3.91. The Morgan fingerprint density at radius 2 is 1.78 bits per heavy atom. The summed E-state index contributed by atoms with van der Waals surface area (Å²) in [5.74, 6) is 1.10. The largest absolute Gasteiger partial charge is 0.484 e. The number of rotatable bonds is 6. The van der Waals surface area contributed by atoms with E-state index < -0.39 is 0 Å². The SMILES string of the molecule is Cc1cc(OCC(=O)N[C@H](C)c2ccccc2)ccc1C(C)C. The molecule has 2 aromatic rings. The first-order chi connectivity index (χ1) is 11.0. The normalized spacial score (nSPS) is 12.0. The molecule has 0 saturated carbocycles. The van der Waals surface area contributed by atoms with E-state index in [1.807, 2.05) is 49.4 Å². The topological polar surface area (TPSA) is 38.3 Å². The fourth-order valence-electron chi connectivity index (χ4n) is 2.64. The highest BCUT2D eigenvalue weighted by Crippen LogP contribution is 2.23. The number of amides is 1. The summed E-state index contributed by atoms with van der Waals surface area (Å²) in [4.78, 5) is 12.0. The fraction of sp³-hybridized carbons (Fsp3) is 0.350. The molecule has 0 unspecified atom stereocenters. The Labute approximate surface area is 138 Å². The van der Waals surface area contributed by atoms with Crippen LogP contribution in [0.25, 0.3) is 0 Å². The zero-order valence-corrected chi connectivity index (χ0v) is 14.3. The van der Waals surface area contributed by atoms with Crippen molar-refractivity contribution < 1.29 is 9.53 Å². The minimum absolute atomic E-state index is 0.0254. The maximum Gasteiger partial charge on any atom is 0.258 e. The predicted octanol–water partition coefficient (Wildman–Crippen LogP) is 4.37. The van der Waals surface area contributed by atoms with Crippen molar-refractivity contribution in [1.82, 2.24) is 5.32 Å². The molecule has 0 aliphatic carbocycles. The second kappa shape index (κ2) is 7.82. The predicted molar refractivity (Wildman–Crippen MR) is 93.8 cm³/mol. The lowest BCUT2D eigenvalue weighted by molar-refractivity contribution is -0.123. The molecule has 1 atom stereocenters. The summed E-state index contributed by atoms with van der Waals surface area (Å²) < 4.78 is 5.61. The molecule has 1 amide bonds. The van der Waals surface area contributed by atoms with Gasteiger partial charge in [-0.05, 0) is 48.6 Å². The van der Waals surface area contributed by atoms with Gasteiger partial charge >= 0.3 is 0 Å². The van der Waals surface area contributed by atoms with Crippen LogP contribution in [0.1, 0.15) is 49.4 Å². The first-order valence-electron chi connectivity index (χ1n) is 8.05. The molecule has 0 saturated heterocycles. The van der Waals surface area contributed by atoms with E-state index in [0.717, 1.165) is 11.3 Å². The Morgan fingerprint density at radius 1 is 1.09 bits per heavy atom. The Hall–Kier alpha value is -2.29. The molecule has 2 aromatic carbocycles. The molecule has 23 heavy (non-hydrogen) atoms. The molecule has 0 fully saturated rings. The number of nitrogens with one attached hydrogen (secondary N) is 1. The van der Waals surface area contributed by atoms with E-state index in [9.17, 15) is 4.79 Å². The highest BCUT2D eigenvalue weighted by molar-refractivity contribution is 5.78. The summed E-state index contributed by atoms with van der Waals surface area (Å²) in [5.41, 5.74) is 3.58. The van der Waals surface area contributed by atoms with Crippen LogP contribution >= 0.6 is 0 Å². The summed E-state index contributed by atoms with van der Waals surface area (Å²) in [6, 6.07) is 15.8. The van der Waals surface area contributed by atoms with Gasteiger partial charge in [-0.3, -0.25) is 4.79 Å². The zero-order valence-electron chi connectivity index (χ0n) is 14.3. The molecule has 0 spiro atoms. The summed E-state index contributed by atoms with van der Waals surface area (Å²) in [7, 11) is 0. The van der Waals surface area contributed by atoms with Crippen LogP contribution in [0.4, 0.5) is 0 Å². The minimum Gasteiger partial charge on any atom is -0.484 e. The van der Waals surface area contributed by atoms with Crippen molar-refractivity contribution in [3.8, 4) is 5.75 Å². The van der Waals surface area contributed by atoms with Gasteiger partial charge in [0.2, 0.25) is 0 Å². The average molecular weight is 311 g/mol. The molecule has 1 N–H and O–H groups in total. The third-order valence-electron chi connectivity index (χ3n) is 3.91. The van der Waals surface area contributed by atoms with E-state index >= 15 is 0 Å². The summed E-state index contributed by atoms with van der Waals surface area (Å²) in [5, 5.41) is 2.95. The molecule has 0 radical (unpaired) electrons. The van der Waals surface area contributed by atoms with Crippen molar-refractivity contribution >= 4 is 5.91 Å². The van der Waals surface area contributed by atoms with Gasteiger partial charge in [0.05, 0.1) is 6.04 Å². The highest BCUT2D eigenvalue weighted by Gasteiger charge is 2.10. The number of ether oxygens (including phenoxy) is 1. The first-order valence-corrected chi connectivity index (χ1v) is 8.05. The average Bonchev–Trinajstić information content (AvgIpc) is 2.53. The van der Waals surface area contributed by atoms with Crippen LogP contribution in [0.5, 0.6) is 5.75 Å². The van der Waals surface area contributed by atoms with Crippen LogP contribution < -0.4 is 10.1 Å². The first kappa shape index (κ1) is 17.1. The second-order valence-corrected chi connectivity index (χ2v) is 6.16. The Balaban J connectivity index is 1.88. The molecule has 122 valence electrons. The maximum absolute atomic E-state index is 12.0. The number of carbonyl (C=O) groups excluding carboxylic acids is 1. The lowest BCUT2D eigenvalue weighted by Gasteiger charge is -2.15. The Morgan fingerprint density at radius 3 is 2.39 bits per heavy atom. The van der Waals surface area contributed by atoms with Crippen LogP contribution in [0.15, 0.2) is 48.5 Å². The molecule has 0 aromatic heterocycles. The quantitative estimate of drug-likeness (QED) is 0.860. The van der Waals surface area contributed by atoms with Crippen molar-refractivity contribution in [2.45, 2.75) is 39.7 Å². The van der Waals surface area contributed by atoms with Crippen molar-refractivity contribution in [2.24, 2.45) is 0 Å². The Kier molecular flexibility index (Phi) is 5.80. The van der Waals surface area contributed by atoms with Gasteiger partial charge in [-0.1, -0.05) is 50.2 Å². The fourth-order valence-corrected chi connectivity index (χ4v) is 2.64. The van der Waals surface area contributed by atoms with Crippen LogP contribution in [0.2, 0.25) is 0 Å². The van der Waals surface area contributed by atoms with Crippen LogP contribution in [-0.2, 0) is 4.79 Å². The molecule has 2 rings (SSSR count). The van der Waals surface area contributed by atoms with Gasteiger partial charge in [-0.15, -0.1) is 0 Å². The number of hydrogen-bond donors (Lipinski definition) is 1. The molecule has 3 nitrogen and oxygen atoms in total. The van der Waals surface area contributed by atoms with Crippen molar-refractivity contribution in [3.63, 3.8) is 0 Å². The van der Waals surface area contributed by atoms with Crippen molar-refractivity contribution in [2.75, 3.05) is 6.61 Å². The van der Waals surface area contributed by atoms with Gasteiger partial charge in [0, 0.05) is 0 Å². The lowest BCUT2D eigenvalue weighted by atomic mass is 9.98.